The first-order valence-electron chi connectivity index (χ1n) is 10.6. The molecular weight excluding hydrogens is 476 g/mol. The van der Waals surface area contributed by atoms with Gasteiger partial charge < -0.3 is 14.4 Å². The molecule has 0 aliphatic carbocycles. The summed E-state index contributed by atoms with van der Waals surface area (Å²) >= 11 is 5.88. The molecule has 0 unspecified atom stereocenters. The van der Waals surface area contributed by atoms with E-state index >= 15 is 0 Å². The maximum atomic E-state index is 12.4. The number of nitro benzene ring substituents is 1. The number of carbonyl (C=O) groups excluding carboxylic acids is 3. The Bertz CT molecular complexity index is 1260. The number of non-ortho nitro benzene ring substituents is 1. The molecule has 1 aliphatic rings. The lowest BCUT2D eigenvalue weighted by atomic mass is 10.1. The molecule has 4 rings (SSSR count). The van der Waals surface area contributed by atoms with Gasteiger partial charge in [0.15, 0.2) is 12.4 Å². The minimum Gasteiger partial charge on any atom is -0.457 e. The lowest BCUT2D eigenvalue weighted by molar-refractivity contribution is -0.384. The molecule has 1 heterocycles. The summed E-state index contributed by atoms with van der Waals surface area (Å²) in [5.41, 5.74) is 0.911. The molecule has 35 heavy (non-hydrogen) atoms. The summed E-state index contributed by atoms with van der Waals surface area (Å²) in [4.78, 5) is 48.9. The third-order valence-corrected chi connectivity index (χ3v) is 5.65. The first-order valence-corrected chi connectivity index (χ1v) is 11.0. The Balaban J connectivity index is 1.28. The van der Waals surface area contributed by atoms with Crippen LogP contribution in [0.1, 0.15) is 16.8 Å². The number of halogens is 1. The molecule has 0 N–H and O–H groups in total. The Labute approximate surface area is 205 Å². The van der Waals surface area contributed by atoms with Crippen molar-refractivity contribution in [1.29, 1.82) is 0 Å². The van der Waals surface area contributed by atoms with Crippen molar-refractivity contribution in [3.63, 3.8) is 0 Å². The molecule has 3 aromatic rings. The van der Waals surface area contributed by atoms with E-state index < -0.39 is 29.2 Å². The molecule has 178 valence electrons. The van der Waals surface area contributed by atoms with Crippen molar-refractivity contribution in [2.24, 2.45) is 5.92 Å². The molecule has 0 radical (unpaired) electrons. The van der Waals surface area contributed by atoms with Gasteiger partial charge in [-0.2, -0.15) is 0 Å². The fourth-order valence-corrected chi connectivity index (χ4v) is 3.68. The average Bonchev–Trinajstić information content (AvgIpc) is 3.25. The fourth-order valence-electron chi connectivity index (χ4n) is 3.55. The predicted molar refractivity (Wildman–Crippen MR) is 127 cm³/mol. The number of ether oxygens (including phenoxy) is 2. The molecule has 3 aromatic carbocycles. The van der Waals surface area contributed by atoms with E-state index in [2.05, 4.69) is 0 Å². The second kappa shape index (κ2) is 10.4. The SMILES string of the molecule is O=C(COC(=O)[C@@H]1CC(=O)N(c2ccc(Cl)cc2)C1)c1ccc(Oc2ccc([N+](=O)[O-])cc2)cc1. The number of Topliss-reactive ketones (excluding diaryl/α,β-unsaturated/α-hetero) is 1. The van der Waals surface area contributed by atoms with Gasteiger partial charge in [-0.25, -0.2) is 0 Å². The normalized spacial score (nSPS) is 15.1. The third kappa shape index (κ3) is 5.82. The number of hydrogen-bond acceptors (Lipinski definition) is 7. The molecule has 0 saturated carbocycles. The second-order valence-corrected chi connectivity index (χ2v) is 8.23. The van der Waals surface area contributed by atoms with Crippen LogP contribution in [0.25, 0.3) is 0 Å². The zero-order valence-electron chi connectivity index (χ0n) is 18.3. The minimum absolute atomic E-state index is 0.00430. The van der Waals surface area contributed by atoms with Crippen molar-refractivity contribution in [1.82, 2.24) is 0 Å². The van der Waals surface area contributed by atoms with E-state index in [9.17, 15) is 24.5 Å². The number of nitrogens with zero attached hydrogens (tertiary/aromatic N) is 2. The summed E-state index contributed by atoms with van der Waals surface area (Å²) in [6, 6.07) is 18.5. The third-order valence-electron chi connectivity index (χ3n) is 5.40. The van der Waals surface area contributed by atoms with E-state index in [1.54, 1.807) is 36.4 Å². The number of amides is 1. The van der Waals surface area contributed by atoms with E-state index in [0.717, 1.165) is 0 Å². The highest BCUT2D eigenvalue weighted by Crippen LogP contribution is 2.27. The average molecular weight is 495 g/mol. The van der Waals surface area contributed by atoms with Crippen LogP contribution in [0.3, 0.4) is 0 Å². The lowest BCUT2D eigenvalue weighted by Crippen LogP contribution is -2.27. The monoisotopic (exact) mass is 494 g/mol. The fraction of sp³-hybridized carbons (Fsp3) is 0.160. The highest BCUT2D eigenvalue weighted by molar-refractivity contribution is 6.30. The van der Waals surface area contributed by atoms with E-state index in [1.165, 1.54) is 41.3 Å². The molecule has 1 amide bonds. The highest BCUT2D eigenvalue weighted by atomic mass is 35.5. The zero-order chi connectivity index (χ0) is 24.9. The van der Waals surface area contributed by atoms with E-state index in [1.807, 2.05) is 0 Å². The van der Waals surface area contributed by atoms with Crippen LogP contribution in [0.4, 0.5) is 11.4 Å². The van der Waals surface area contributed by atoms with Crippen molar-refractivity contribution in [2.45, 2.75) is 6.42 Å². The first kappa shape index (κ1) is 23.9. The molecule has 0 spiro atoms. The molecular formula is C25H19ClN2O7. The smallest absolute Gasteiger partial charge is 0.311 e. The number of nitro groups is 1. The number of anilines is 1. The molecule has 1 aliphatic heterocycles. The highest BCUT2D eigenvalue weighted by Gasteiger charge is 2.36. The molecule has 1 saturated heterocycles. The van der Waals surface area contributed by atoms with Gasteiger partial charge in [-0.3, -0.25) is 24.5 Å². The number of hydrogen-bond donors (Lipinski definition) is 0. The Morgan fingerprint density at radius 2 is 1.57 bits per heavy atom. The van der Waals surface area contributed by atoms with Crippen molar-refractivity contribution in [3.8, 4) is 11.5 Å². The molecule has 1 fully saturated rings. The summed E-state index contributed by atoms with van der Waals surface area (Å²) in [5, 5.41) is 11.3. The number of esters is 1. The van der Waals surface area contributed by atoms with Gasteiger partial charge in [0.05, 0.1) is 10.8 Å². The van der Waals surface area contributed by atoms with Gasteiger partial charge in [0.1, 0.15) is 11.5 Å². The lowest BCUT2D eigenvalue weighted by Gasteiger charge is -2.16. The topological polar surface area (TPSA) is 116 Å². The quantitative estimate of drug-likeness (QED) is 0.191. The van der Waals surface area contributed by atoms with Crippen molar-refractivity contribution < 1.29 is 28.8 Å². The number of carbonyl (C=O) groups is 3. The minimum atomic E-state index is -0.663. The second-order valence-electron chi connectivity index (χ2n) is 7.79. The summed E-state index contributed by atoms with van der Waals surface area (Å²) in [5.74, 6) is -1.05. The van der Waals surface area contributed by atoms with E-state index in [4.69, 9.17) is 21.1 Å². The Kier molecular flexibility index (Phi) is 7.07. The van der Waals surface area contributed by atoms with Crippen LogP contribution in [-0.2, 0) is 14.3 Å². The number of rotatable bonds is 8. The molecule has 1 atom stereocenters. The summed E-state index contributed by atoms with van der Waals surface area (Å²) in [6.07, 6.45) is 0.00430. The van der Waals surface area contributed by atoms with Gasteiger partial charge in [-0.05, 0) is 60.7 Å². The molecule has 9 nitrogen and oxygen atoms in total. The standard InChI is InChI=1S/C25H19ClN2O7/c26-18-3-5-19(6-4-18)27-14-17(13-24(27)30)25(31)34-15-23(29)16-1-9-21(10-2-16)35-22-11-7-20(8-12-22)28(32)33/h1-12,17H,13-15H2/t17-/m1/s1. The van der Waals surface area contributed by atoms with Crippen LogP contribution in [0.2, 0.25) is 5.02 Å². The van der Waals surface area contributed by atoms with Crippen LogP contribution in [-0.4, -0.2) is 35.7 Å². The van der Waals surface area contributed by atoms with Crippen LogP contribution >= 0.6 is 11.6 Å². The van der Waals surface area contributed by atoms with Crippen molar-refractivity contribution >= 4 is 40.6 Å². The van der Waals surface area contributed by atoms with Gasteiger partial charge in [0.25, 0.3) is 5.69 Å². The number of ketones is 1. The number of benzene rings is 3. The molecule has 0 aromatic heterocycles. The summed E-state index contributed by atoms with van der Waals surface area (Å²) in [7, 11) is 0. The maximum absolute atomic E-state index is 12.4. The van der Waals surface area contributed by atoms with Gasteiger partial charge in [0, 0.05) is 41.4 Å². The van der Waals surface area contributed by atoms with Gasteiger partial charge in [-0.15, -0.1) is 0 Å². The van der Waals surface area contributed by atoms with Crippen LogP contribution in [0.15, 0.2) is 72.8 Å². The van der Waals surface area contributed by atoms with E-state index in [-0.39, 0.29) is 24.6 Å². The summed E-state index contributed by atoms with van der Waals surface area (Å²) < 4.78 is 10.8. The zero-order valence-corrected chi connectivity index (χ0v) is 19.0. The Morgan fingerprint density at radius 3 is 2.17 bits per heavy atom. The Morgan fingerprint density at radius 1 is 0.971 bits per heavy atom. The van der Waals surface area contributed by atoms with Crippen LogP contribution < -0.4 is 9.64 Å². The van der Waals surface area contributed by atoms with Crippen LogP contribution in [0.5, 0.6) is 11.5 Å². The van der Waals surface area contributed by atoms with Crippen molar-refractivity contribution in [3.05, 3.63) is 93.5 Å². The van der Waals surface area contributed by atoms with Crippen molar-refractivity contribution in [2.75, 3.05) is 18.1 Å². The van der Waals surface area contributed by atoms with Gasteiger partial charge >= 0.3 is 5.97 Å². The van der Waals surface area contributed by atoms with E-state index in [0.29, 0.717) is 27.8 Å². The van der Waals surface area contributed by atoms with Gasteiger partial charge in [0.2, 0.25) is 5.91 Å². The maximum Gasteiger partial charge on any atom is 0.311 e. The predicted octanol–water partition coefficient (Wildman–Crippen LogP) is 4.82. The summed E-state index contributed by atoms with van der Waals surface area (Å²) in [6.45, 7) is -0.283. The first-order chi connectivity index (χ1) is 16.8. The Hall–Kier alpha value is -4.24. The van der Waals surface area contributed by atoms with Crippen LogP contribution in [0, 0.1) is 16.0 Å². The van der Waals surface area contributed by atoms with Gasteiger partial charge in [-0.1, -0.05) is 11.6 Å². The largest absolute Gasteiger partial charge is 0.457 e. The molecule has 10 heteroatoms. The molecule has 0 bridgehead atoms.